The zero-order valence-electron chi connectivity index (χ0n) is 11.1. The van der Waals surface area contributed by atoms with Gasteiger partial charge in [0.05, 0.1) is 0 Å². The number of nitrogens with one attached hydrogen (secondary N) is 2. The molecule has 0 bridgehead atoms. The summed E-state index contributed by atoms with van der Waals surface area (Å²) >= 11 is 1.53. The highest BCUT2D eigenvalue weighted by Gasteiger charge is 2.18. The number of urea groups is 1. The lowest BCUT2D eigenvalue weighted by Crippen LogP contribution is -2.46. The minimum atomic E-state index is -1.04. The van der Waals surface area contributed by atoms with Crippen molar-refractivity contribution in [2.45, 2.75) is 19.0 Å². The van der Waals surface area contributed by atoms with E-state index in [1.165, 1.54) is 23.9 Å². The molecular formula is C13H18N2O4S. The van der Waals surface area contributed by atoms with Crippen LogP contribution < -0.4 is 10.6 Å². The Morgan fingerprint density at radius 2 is 1.95 bits per heavy atom. The van der Waals surface area contributed by atoms with E-state index in [1.807, 2.05) is 6.26 Å². The SMILES string of the molecule is CSCCC(NC(=O)NCc1ccc(O)cc1)C(=O)O. The molecule has 0 fully saturated rings. The number of benzene rings is 1. The second kappa shape index (κ2) is 8.31. The average molecular weight is 298 g/mol. The average Bonchev–Trinajstić information content (AvgIpc) is 2.42. The summed E-state index contributed by atoms with van der Waals surface area (Å²) in [6.45, 7) is 0.265. The maximum Gasteiger partial charge on any atom is 0.326 e. The van der Waals surface area contributed by atoms with Gasteiger partial charge in [0.25, 0.3) is 0 Å². The smallest absolute Gasteiger partial charge is 0.326 e. The first-order valence-electron chi connectivity index (χ1n) is 6.07. The molecule has 0 radical (unpaired) electrons. The van der Waals surface area contributed by atoms with Gasteiger partial charge in [-0.05, 0) is 36.1 Å². The highest BCUT2D eigenvalue weighted by molar-refractivity contribution is 7.98. The van der Waals surface area contributed by atoms with E-state index in [4.69, 9.17) is 10.2 Å². The molecule has 0 aliphatic rings. The number of carboxylic acids is 1. The van der Waals surface area contributed by atoms with Gasteiger partial charge in [-0.25, -0.2) is 9.59 Å². The Labute approximate surface area is 121 Å². The van der Waals surface area contributed by atoms with Crippen molar-refractivity contribution in [2.24, 2.45) is 0 Å². The molecule has 0 saturated carbocycles. The van der Waals surface area contributed by atoms with E-state index in [9.17, 15) is 9.59 Å². The van der Waals surface area contributed by atoms with Crippen molar-refractivity contribution in [3.8, 4) is 5.75 Å². The minimum Gasteiger partial charge on any atom is -0.508 e. The molecule has 1 unspecified atom stereocenters. The number of aromatic hydroxyl groups is 1. The van der Waals surface area contributed by atoms with Crippen molar-refractivity contribution in [3.05, 3.63) is 29.8 Å². The monoisotopic (exact) mass is 298 g/mol. The van der Waals surface area contributed by atoms with Crippen LogP contribution in [0.2, 0.25) is 0 Å². The fourth-order valence-electron chi connectivity index (χ4n) is 1.50. The summed E-state index contributed by atoms with van der Waals surface area (Å²) in [4.78, 5) is 22.6. The fourth-order valence-corrected chi connectivity index (χ4v) is 1.97. The third kappa shape index (κ3) is 5.83. The van der Waals surface area contributed by atoms with Crippen molar-refractivity contribution in [2.75, 3.05) is 12.0 Å². The Hall–Kier alpha value is -1.89. The van der Waals surface area contributed by atoms with Crippen LogP contribution in [0.1, 0.15) is 12.0 Å². The number of carbonyl (C=O) groups is 2. The number of phenols is 1. The molecule has 1 aromatic rings. The third-order valence-corrected chi connectivity index (χ3v) is 3.25. The van der Waals surface area contributed by atoms with Gasteiger partial charge in [0, 0.05) is 6.54 Å². The van der Waals surface area contributed by atoms with E-state index < -0.39 is 18.0 Å². The van der Waals surface area contributed by atoms with E-state index >= 15 is 0 Å². The molecule has 110 valence electrons. The molecule has 1 rings (SSSR count). The lowest BCUT2D eigenvalue weighted by atomic mass is 10.2. The van der Waals surface area contributed by atoms with E-state index in [1.54, 1.807) is 12.1 Å². The standard InChI is InChI=1S/C13H18N2O4S/c1-20-7-6-11(12(17)18)15-13(19)14-8-9-2-4-10(16)5-3-9/h2-5,11,16H,6-8H2,1H3,(H,17,18)(H2,14,15,19). The van der Waals surface area contributed by atoms with Crippen molar-refractivity contribution >= 4 is 23.8 Å². The number of amides is 2. The van der Waals surface area contributed by atoms with Gasteiger partial charge in [0.15, 0.2) is 0 Å². The second-order valence-electron chi connectivity index (χ2n) is 4.17. The highest BCUT2D eigenvalue weighted by atomic mass is 32.2. The number of carboxylic acid groups (broad SMARTS) is 1. The van der Waals surface area contributed by atoms with Crippen LogP contribution in [0.5, 0.6) is 5.75 Å². The first-order chi connectivity index (χ1) is 9.52. The molecule has 7 heteroatoms. The number of hydrogen-bond donors (Lipinski definition) is 4. The minimum absolute atomic E-state index is 0.154. The van der Waals surface area contributed by atoms with Crippen LogP contribution in [0, 0.1) is 0 Å². The summed E-state index contributed by atoms with van der Waals surface area (Å²) in [6.07, 6.45) is 2.26. The molecular weight excluding hydrogens is 280 g/mol. The number of rotatable bonds is 7. The van der Waals surface area contributed by atoms with E-state index in [-0.39, 0.29) is 12.3 Å². The van der Waals surface area contributed by atoms with Crippen LogP contribution in [-0.4, -0.2) is 40.3 Å². The van der Waals surface area contributed by atoms with Gasteiger partial charge < -0.3 is 20.8 Å². The fraction of sp³-hybridized carbons (Fsp3) is 0.385. The van der Waals surface area contributed by atoms with Crippen molar-refractivity contribution in [1.82, 2.24) is 10.6 Å². The van der Waals surface area contributed by atoms with Crippen LogP contribution in [0.25, 0.3) is 0 Å². The second-order valence-corrected chi connectivity index (χ2v) is 5.15. The van der Waals surface area contributed by atoms with Gasteiger partial charge in [-0.15, -0.1) is 0 Å². The summed E-state index contributed by atoms with van der Waals surface area (Å²) in [5, 5.41) is 23.1. The van der Waals surface area contributed by atoms with Gasteiger partial charge in [-0.1, -0.05) is 12.1 Å². The summed E-state index contributed by atoms with van der Waals surface area (Å²) < 4.78 is 0. The molecule has 1 atom stereocenters. The van der Waals surface area contributed by atoms with Crippen LogP contribution in [-0.2, 0) is 11.3 Å². The Morgan fingerprint density at radius 3 is 2.50 bits per heavy atom. The van der Waals surface area contributed by atoms with Crippen LogP contribution >= 0.6 is 11.8 Å². The molecule has 20 heavy (non-hydrogen) atoms. The third-order valence-electron chi connectivity index (χ3n) is 2.60. The summed E-state index contributed by atoms with van der Waals surface area (Å²) in [6, 6.07) is 4.99. The van der Waals surface area contributed by atoms with Crippen LogP contribution in [0.4, 0.5) is 4.79 Å². The van der Waals surface area contributed by atoms with Crippen LogP contribution in [0.15, 0.2) is 24.3 Å². The van der Waals surface area contributed by atoms with Gasteiger partial charge in [-0.3, -0.25) is 0 Å². The Bertz CT molecular complexity index is 450. The predicted molar refractivity (Wildman–Crippen MR) is 77.9 cm³/mol. The predicted octanol–water partition coefficient (Wildman–Crippen LogP) is 1.40. The Kier molecular flexibility index (Phi) is 6.72. The number of carbonyl (C=O) groups excluding carboxylic acids is 1. The number of phenolic OH excluding ortho intramolecular Hbond substituents is 1. The molecule has 0 aliphatic heterocycles. The van der Waals surface area contributed by atoms with E-state index in [0.29, 0.717) is 12.2 Å². The normalized spacial score (nSPS) is 11.7. The number of aliphatic carboxylic acids is 1. The molecule has 0 heterocycles. The molecule has 0 spiro atoms. The topological polar surface area (TPSA) is 98.7 Å². The molecule has 4 N–H and O–H groups in total. The van der Waals surface area contributed by atoms with Gasteiger partial charge in [0.1, 0.15) is 11.8 Å². The van der Waals surface area contributed by atoms with Crippen molar-refractivity contribution < 1.29 is 19.8 Å². The zero-order valence-corrected chi connectivity index (χ0v) is 11.9. The van der Waals surface area contributed by atoms with Crippen molar-refractivity contribution in [1.29, 1.82) is 0 Å². The first-order valence-corrected chi connectivity index (χ1v) is 7.46. The summed E-state index contributed by atoms with van der Waals surface area (Å²) in [5.41, 5.74) is 0.814. The Morgan fingerprint density at radius 1 is 1.30 bits per heavy atom. The first kappa shape index (κ1) is 16.2. The lowest BCUT2D eigenvalue weighted by Gasteiger charge is -2.14. The molecule has 1 aromatic carbocycles. The summed E-state index contributed by atoms with van der Waals surface area (Å²) in [5.74, 6) is -0.227. The maximum atomic E-state index is 11.6. The molecule has 0 aliphatic carbocycles. The van der Waals surface area contributed by atoms with Gasteiger partial charge in [-0.2, -0.15) is 11.8 Å². The van der Waals surface area contributed by atoms with Gasteiger partial charge in [0.2, 0.25) is 0 Å². The van der Waals surface area contributed by atoms with Crippen molar-refractivity contribution in [3.63, 3.8) is 0 Å². The number of thioether (sulfide) groups is 1. The summed E-state index contributed by atoms with van der Waals surface area (Å²) in [7, 11) is 0. The molecule has 6 nitrogen and oxygen atoms in total. The molecule has 2 amide bonds. The molecule has 0 saturated heterocycles. The van der Waals surface area contributed by atoms with Gasteiger partial charge >= 0.3 is 12.0 Å². The lowest BCUT2D eigenvalue weighted by molar-refractivity contribution is -0.139. The van der Waals surface area contributed by atoms with E-state index in [0.717, 1.165) is 5.56 Å². The quantitative estimate of drug-likeness (QED) is 0.610. The zero-order chi connectivity index (χ0) is 15.0. The Balaban J connectivity index is 2.41. The van der Waals surface area contributed by atoms with Crippen LogP contribution in [0.3, 0.4) is 0 Å². The molecule has 0 aromatic heterocycles. The van der Waals surface area contributed by atoms with E-state index in [2.05, 4.69) is 10.6 Å². The number of hydrogen-bond acceptors (Lipinski definition) is 4. The highest BCUT2D eigenvalue weighted by Crippen LogP contribution is 2.09. The largest absolute Gasteiger partial charge is 0.508 e. The maximum absolute atomic E-state index is 11.6.